The number of hydrogen-bond donors (Lipinski definition) is 0. The number of carbonyl (C=O) groups is 1. The fourth-order valence-corrected chi connectivity index (χ4v) is 1.75. The summed E-state index contributed by atoms with van der Waals surface area (Å²) in [5.74, 6) is -1.90. The van der Waals surface area contributed by atoms with E-state index in [1.807, 2.05) is 4.90 Å². The second-order valence-electron chi connectivity index (χ2n) is 3.89. The number of fused-ring (bicyclic) bond motifs is 1. The predicted octanol–water partition coefficient (Wildman–Crippen LogP) is 2.13. The molecular weight excluding hydrogens is 230 g/mol. The molecule has 1 saturated heterocycles. The number of aldehydes is 1. The maximum Gasteiger partial charge on any atom is 0.298 e. The smallest absolute Gasteiger partial charge is 0.298 e. The van der Waals surface area contributed by atoms with Crippen molar-refractivity contribution in [3.05, 3.63) is 23.3 Å². The van der Waals surface area contributed by atoms with Gasteiger partial charge < -0.3 is 9.32 Å². The zero-order chi connectivity index (χ0) is 12.0. The second-order valence-corrected chi connectivity index (χ2v) is 3.89. The van der Waals surface area contributed by atoms with Gasteiger partial charge in [-0.05, 0) is 6.42 Å². The highest BCUT2D eigenvalue weighted by atomic mass is 19.1. The fraction of sp³-hybridized carbons (Fsp3) is 0.273. The molecule has 1 aromatic carbocycles. The van der Waals surface area contributed by atoms with E-state index in [2.05, 4.69) is 4.98 Å². The van der Waals surface area contributed by atoms with Crippen LogP contribution in [0.15, 0.2) is 10.5 Å². The van der Waals surface area contributed by atoms with Crippen molar-refractivity contribution in [3.8, 4) is 0 Å². The Hall–Kier alpha value is -1.98. The summed E-state index contributed by atoms with van der Waals surface area (Å²) in [7, 11) is 0. The normalized spacial score (nSPS) is 15.1. The van der Waals surface area contributed by atoms with Gasteiger partial charge in [0.1, 0.15) is 11.3 Å². The molecule has 0 amide bonds. The SMILES string of the molecule is O=Cc1c(F)cc2oc(N3CCC3)nc2c1F. The van der Waals surface area contributed by atoms with Gasteiger partial charge >= 0.3 is 0 Å². The number of carbonyl (C=O) groups excluding carboxylic acids is 1. The van der Waals surface area contributed by atoms with Gasteiger partial charge in [0.15, 0.2) is 17.7 Å². The highest BCUT2D eigenvalue weighted by Crippen LogP contribution is 2.29. The van der Waals surface area contributed by atoms with E-state index in [1.165, 1.54) is 0 Å². The first kappa shape index (κ1) is 10.2. The first-order valence-electron chi connectivity index (χ1n) is 5.19. The van der Waals surface area contributed by atoms with Crippen molar-refractivity contribution in [1.29, 1.82) is 0 Å². The Bertz CT molecular complexity index is 605. The third kappa shape index (κ3) is 1.40. The standard InChI is InChI=1S/C11H8F2N2O2/c12-7-4-8-10(9(13)6(7)5-16)14-11(17-8)15-2-1-3-15/h4-5H,1-3H2. The van der Waals surface area contributed by atoms with E-state index < -0.39 is 17.2 Å². The minimum Gasteiger partial charge on any atom is -0.423 e. The highest BCUT2D eigenvalue weighted by Gasteiger charge is 2.23. The zero-order valence-electron chi connectivity index (χ0n) is 8.74. The molecule has 88 valence electrons. The summed E-state index contributed by atoms with van der Waals surface area (Å²) in [6.45, 7) is 1.58. The Morgan fingerprint density at radius 3 is 2.76 bits per heavy atom. The van der Waals surface area contributed by atoms with Crippen molar-refractivity contribution >= 4 is 23.4 Å². The molecule has 3 rings (SSSR count). The topological polar surface area (TPSA) is 46.3 Å². The minimum atomic E-state index is -0.967. The zero-order valence-corrected chi connectivity index (χ0v) is 8.74. The van der Waals surface area contributed by atoms with Crippen LogP contribution in [0, 0.1) is 11.6 Å². The summed E-state index contributed by atoms with van der Waals surface area (Å²) in [5, 5.41) is 0. The van der Waals surface area contributed by atoms with Gasteiger partial charge in [-0.3, -0.25) is 4.79 Å². The molecule has 0 atom stereocenters. The summed E-state index contributed by atoms with van der Waals surface area (Å²) >= 11 is 0. The summed E-state index contributed by atoms with van der Waals surface area (Å²) in [6, 6.07) is 1.26. The van der Waals surface area contributed by atoms with Crippen molar-refractivity contribution in [2.45, 2.75) is 6.42 Å². The Kier molecular flexibility index (Phi) is 2.10. The van der Waals surface area contributed by atoms with Crippen LogP contribution in [-0.2, 0) is 0 Å². The van der Waals surface area contributed by atoms with Gasteiger partial charge in [0.05, 0.1) is 5.56 Å². The molecule has 0 saturated carbocycles. The molecule has 0 aliphatic carbocycles. The second kappa shape index (κ2) is 3.51. The number of nitrogens with zero attached hydrogens (tertiary/aromatic N) is 2. The van der Waals surface area contributed by atoms with E-state index in [0.29, 0.717) is 0 Å². The van der Waals surface area contributed by atoms with Crippen LogP contribution in [0.3, 0.4) is 0 Å². The molecule has 1 fully saturated rings. The maximum atomic E-state index is 13.7. The van der Waals surface area contributed by atoms with E-state index in [0.717, 1.165) is 25.6 Å². The molecule has 2 heterocycles. The highest BCUT2D eigenvalue weighted by molar-refractivity contribution is 5.85. The van der Waals surface area contributed by atoms with Crippen LogP contribution in [-0.4, -0.2) is 24.4 Å². The average Bonchev–Trinajstić information content (AvgIpc) is 2.59. The molecule has 17 heavy (non-hydrogen) atoms. The van der Waals surface area contributed by atoms with Crippen LogP contribution >= 0.6 is 0 Å². The summed E-state index contributed by atoms with van der Waals surface area (Å²) in [5.41, 5.74) is -0.691. The van der Waals surface area contributed by atoms with Gasteiger partial charge in [-0.2, -0.15) is 4.98 Å². The number of halogens is 2. The third-order valence-electron chi connectivity index (χ3n) is 2.85. The quantitative estimate of drug-likeness (QED) is 0.752. The van der Waals surface area contributed by atoms with Crippen molar-refractivity contribution in [2.24, 2.45) is 0 Å². The van der Waals surface area contributed by atoms with E-state index in [-0.39, 0.29) is 23.4 Å². The van der Waals surface area contributed by atoms with Gasteiger partial charge in [0.2, 0.25) is 0 Å². The van der Waals surface area contributed by atoms with Gasteiger partial charge in [0, 0.05) is 19.2 Å². The molecular formula is C11H8F2N2O2. The molecule has 1 aliphatic heterocycles. The Balaban J connectivity index is 2.21. The molecule has 0 radical (unpaired) electrons. The van der Waals surface area contributed by atoms with Crippen LogP contribution in [0.5, 0.6) is 0 Å². The number of oxazole rings is 1. The van der Waals surface area contributed by atoms with E-state index in [9.17, 15) is 13.6 Å². The predicted molar refractivity (Wildman–Crippen MR) is 56.1 cm³/mol. The lowest BCUT2D eigenvalue weighted by molar-refractivity contribution is 0.111. The van der Waals surface area contributed by atoms with Gasteiger partial charge in [-0.1, -0.05) is 0 Å². The van der Waals surface area contributed by atoms with Crippen molar-refractivity contribution in [2.75, 3.05) is 18.0 Å². The first-order valence-corrected chi connectivity index (χ1v) is 5.19. The third-order valence-corrected chi connectivity index (χ3v) is 2.85. The summed E-state index contributed by atoms with van der Waals surface area (Å²) < 4.78 is 32.3. The van der Waals surface area contributed by atoms with E-state index in [1.54, 1.807) is 0 Å². The molecule has 6 heteroatoms. The lowest BCUT2D eigenvalue weighted by atomic mass is 10.2. The van der Waals surface area contributed by atoms with Crippen LogP contribution < -0.4 is 4.90 Å². The van der Waals surface area contributed by atoms with E-state index in [4.69, 9.17) is 4.42 Å². The largest absolute Gasteiger partial charge is 0.423 e. The van der Waals surface area contributed by atoms with Crippen LogP contribution in [0.1, 0.15) is 16.8 Å². The summed E-state index contributed by atoms with van der Waals surface area (Å²) in [6.07, 6.45) is 1.16. The molecule has 0 bridgehead atoms. The molecule has 2 aromatic rings. The lowest BCUT2D eigenvalue weighted by Crippen LogP contribution is -2.37. The molecule has 1 aromatic heterocycles. The van der Waals surface area contributed by atoms with Crippen LogP contribution in [0.2, 0.25) is 0 Å². The number of benzene rings is 1. The molecule has 1 aliphatic rings. The average molecular weight is 238 g/mol. The minimum absolute atomic E-state index is 0.0208. The van der Waals surface area contributed by atoms with Gasteiger partial charge in [-0.25, -0.2) is 8.78 Å². The molecule has 0 spiro atoms. The van der Waals surface area contributed by atoms with E-state index >= 15 is 0 Å². The van der Waals surface area contributed by atoms with Gasteiger partial charge in [-0.15, -0.1) is 0 Å². The number of aromatic nitrogens is 1. The molecule has 0 N–H and O–H groups in total. The Morgan fingerprint density at radius 2 is 2.18 bits per heavy atom. The number of anilines is 1. The van der Waals surface area contributed by atoms with Gasteiger partial charge in [0.25, 0.3) is 6.01 Å². The van der Waals surface area contributed by atoms with Crippen molar-refractivity contribution in [3.63, 3.8) is 0 Å². The molecule has 0 unspecified atom stereocenters. The van der Waals surface area contributed by atoms with Crippen molar-refractivity contribution < 1.29 is 18.0 Å². The number of hydrogen-bond acceptors (Lipinski definition) is 4. The monoisotopic (exact) mass is 238 g/mol. The Morgan fingerprint density at radius 1 is 1.41 bits per heavy atom. The lowest BCUT2D eigenvalue weighted by Gasteiger charge is -2.28. The maximum absolute atomic E-state index is 13.7. The fourth-order valence-electron chi connectivity index (χ4n) is 1.75. The molecule has 4 nitrogen and oxygen atoms in total. The van der Waals surface area contributed by atoms with Crippen LogP contribution in [0.25, 0.3) is 11.1 Å². The Labute approximate surface area is 94.8 Å². The first-order chi connectivity index (χ1) is 8.20. The summed E-state index contributed by atoms with van der Waals surface area (Å²) in [4.78, 5) is 16.3. The number of rotatable bonds is 2. The van der Waals surface area contributed by atoms with Crippen molar-refractivity contribution in [1.82, 2.24) is 4.98 Å². The van der Waals surface area contributed by atoms with Crippen LogP contribution in [0.4, 0.5) is 14.8 Å².